The highest BCUT2D eigenvalue weighted by atomic mass is 35.5. The van der Waals surface area contributed by atoms with Crippen molar-refractivity contribution in [2.75, 3.05) is 13.7 Å². The Balaban J connectivity index is 2.24. The molecule has 0 radical (unpaired) electrons. The van der Waals surface area contributed by atoms with E-state index >= 15 is 0 Å². The smallest absolute Gasteiger partial charge is 0.337 e. The van der Waals surface area contributed by atoms with Gasteiger partial charge in [-0.3, -0.25) is 0 Å². The number of nitrogens with one attached hydrogen (secondary N) is 1. The van der Waals surface area contributed by atoms with Crippen LogP contribution in [0.5, 0.6) is 0 Å². The molecule has 0 amide bonds. The predicted octanol–water partition coefficient (Wildman–Crippen LogP) is 1.32. The van der Waals surface area contributed by atoms with Gasteiger partial charge in [0.05, 0.1) is 23.3 Å². The van der Waals surface area contributed by atoms with Crippen LogP contribution in [0.25, 0.3) is 0 Å². The fourth-order valence-corrected chi connectivity index (χ4v) is 3.67. The van der Waals surface area contributed by atoms with Crippen molar-refractivity contribution in [2.24, 2.45) is 0 Å². The molecule has 0 aliphatic heterocycles. The molecule has 0 atom stereocenters. The van der Waals surface area contributed by atoms with Gasteiger partial charge in [-0.05, 0) is 37.5 Å². The van der Waals surface area contributed by atoms with Gasteiger partial charge >= 0.3 is 5.97 Å². The first-order valence-corrected chi connectivity index (χ1v) is 8.23. The number of hydrogen-bond acceptors (Lipinski definition) is 5. The molecule has 0 heterocycles. The second kappa shape index (κ2) is 5.92. The average Bonchev–Trinajstić information content (AvgIpc) is 2.42. The van der Waals surface area contributed by atoms with Gasteiger partial charge in [-0.25, -0.2) is 17.9 Å². The lowest BCUT2D eigenvalue weighted by molar-refractivity contribution is -0.0271. The first-order valence-electron chi connectivity index (χ1n) is 6.37. The molecule has 0 saturated heterocycles. The van der Waals surface area contributed by atoms with Gasteiger partial charge in [0.25, 0.3) is 0 Å². The van der Waals surface area contributed by atoms with E-state index in [0.29, 0.717) is 12.8 Å². The summed E-state index contributed by atoms with van der Waals surface area (Å²) in [6.45, 7) is -0.0753. The lowest BCUT2D eigenvalue weighted by Crippen LogP contribution is -2.47. The second-order valence-corrected chi connectivity index (χ2v) is 7.18. The topological polar surface area (TPSA) is 92.7 Å². The molecule has 8 heteroatoms. The Hall–Kier alpha value is -1.15. The maximum Gasteiger partial charge on any atom is 0.337 e. The lowest BCUT2D eigenvalue weighted by atomic mass is 9.81. The zero-order chi connectivity index (χ0) is 15.7. The van der Waals surface area contributed by atoms with Crippen LogP contribution in [0.2, 0.25) is 5.02 Å². The molecule has 6 nitrogen and oxygen atoms in total. The predicted molar refractivity (Wildman–Crippen MR) is 76.8 cm³/mol. The number of carbonyl (C=O) groups excluding carboxylic acids is 1. The Morgan fingerprint density at radius 3 is 2.67 bits per heavy atom. The summed E-state index contributed by atoms with van der Waals surface area (Å²) in [7, 11) is -2.71. The summed E-state index contributed by atoms with van der Waals surface area (Å²) in [6, 6.07) is 3.86. The molecule has 2 N–H and O–H groups in total. The molecule has 2 rings (SSSR count). The number of ether oxygens (including phenoxy) is 1. The zero-order valence-electron chi connectivity index (χ0n) is 11.4. The van der Waals surface area contributed by atoms with Gasteiger partial charge in [0.15, 0.2) is 0 Å². The Morgan fingerprint density at radius 2 is 2.14 bits per heavy atom. The molecule has 1 aromatic rings. The van der Waals surface area contributed by atoms with Crippen molar-refractivity contribution >= 4 is 27.6 Å². The van der Waals surface area contributed by atoms with Crippen molar-refractivity contribution in [1.29, 1.82) is 0 Å². The summed E-state index contributed by atoms with van der Waals surface area (Å²) in [5.74, 6) is -0.652. The maximum absolute atomic E-state index is 12.2. The van der Waals surface area contributed by atoms with E-state index in [1.807, 2.05) is 0 Å². The number of esters is 1. The quantitative estimate of drug-likeness (QED) is 0.793. The fraction of sp³-hybridized carbons (Fsp3) is 0.462. The van der Waals surface area contributed by atoms with E-state index in [1.54, 1.807) is 0 Å². The van der Waals surface area contributed by atoms with Crippen molar-refractivity contribution in [3.8, 4) is 0 Å². The Morgan fingerprint density at radius 1 is 1.48 bits per heavy atom. The summed E-state index contributed by atoms with van der Waals surface area (Å²) in [5, 5.41) is 9.93. The molecule has 1 saturated carbocycles. The maximum atomic E-state index is 12.2. The first-order chi connectivity index (χ1) is 9.77. The van der Waals surface area contributed by atoms with E-state index in [9.17, 15) is 18.3 Å². The molecule has 0 aromatic heterocycles. The molecular weight excluding hydrogens is 318 g/mol. The number of carbonyl (C=O) groups is 1. The number of halogens is 1. The van der Waals surface area contributed by atoms with E-state index in [4.69, 9.17) is 11.6 Å². The van der Waals surface area contributed by atoms with Crippen LogP contribution in [0, 0.1) is 0 Å². The minimum atomic E-state index is -3.91. The second-order valence-electron chi connectivity index (χ2n) is 5.04. The number of rotatable bonds is 5. The Bertz CT molecular complexity index is 655. The van der Waals surface area contributed by atoms with Crippen LogP contribution in [0.15, 0.2) is 23.1 Å². The molecular formula is C13H16ClNO5S. The van der Waals surface area contributed by atoms with Gasteiger partial charge in [-0.15, -0.1) is 0 Å². The van der Waals surface area contributed by atoms with Crippen LogP contribution in [0.1, 0.15) is 29.6 Å². The van der Waals surface area contributed by atoms with Gasteiger partial charge in [-0.1, -0.05) is 11.6 Å². The number of aliphatic hydroxyl groups is 1. The van der Waals surface area contributed by atoms with Crippen LogP contribution in [-0.4, -0.2) is 38.7 Å². The minimum Gasteiger partial charge on any atom is -0.465 e. The average molecular weight is 334 g/mol. The molecule has 0 spiro atoms. The van der Waals surface area contributed by atoms with Crippen LogP contribution in [-0.2, 0) is 14.8 Å². The van der Waals surface area contributed by atoms with Crippen LogP contribution >= 0.6 is 11.6 Å². The largest absolute Gasteiger partial charge is 0.465 e. The van der Waals surface area contributed by atoms with E-state index in [-0.39, 0.29) is 22.0 Å². The van der Waals surface area contributed by atoms with Gasteiger partial charge in [-0.2, -0.15) is 0 Å². The molecule has 1 aliphatic carbocycles. The van der Waals surface area contributed by atoms with Crippen LogP contribution in [0.3, 0.4) is 0 Å². The van der Waals surface area contributed by atoms with E-state index in [1.165, 1.54) is 19.2 Å². The van der Waals surface area contributed by atoms with E-state index in [0.717, 1.165) is 12.5 Å². The van der Waals surface area contributed by atoms with Gasteiger partial charge < -0.3 is 9.84 Å². The molecule has 1 fully saturated rings. The van der Waals surface area contributed by atoms with Crippen molar-refractivity contribution in [1.82, 2.24) is 4.72 Å². The summed E-state index contributed by atoms with van der Waals surface area (Å²) in [5.41, 5.74) is -0.899. The lowest BCUT2D eigenvalue weighted by Gasteiger charge is -2.36. The van der Waals surface area contributed by atoms with Gasteiger partial charge in [0, 0.05) is 6.54 Å². The summed E-state index contributed by atoms with van der Waals surface area (Å²) < 4.78 is 31.4. The highest BCUT2D eigenvalue weighted by molar-refractivity contribution is 7.89. The molecule has 1 aliphatic rings. The number of hydrogen-bond donors (Lipinski definition) is 2. The van der Waals surface area contributed by atoms with E-state index < -0.39 is 21.6 Å². The highest BCUT2D eigenvalue weighted by Crippen LogP contribution is 2.31. The summed E-state index contributed by atoms with van der Waals surface area (Å²) >= 11 is 5.89. The Kier molecular flexibility index (Phi) is 4.57. The first kappa shape index (κ1) is 16.2. The third kappa shape index (κ3) is 3.55. The number of sulfonamides is 1. The van der Waals surface area contributed by atoms with Gasteiger partial charge in [0.2, 0.25) is 10.0 Å². The molecule has 1 aromatic carbocycles. The standard InChI is InChI=1S/C13H16ClNO5S/c1-20-12(16)9-3-4-10(14)11(7-9)21(18,19)15-8-13(17)5-2-6-13/h3-4,7,15,17H,2,5-6,8H2,1H3. The van der Waals surface area contributed by atoms with Crippen molar-refractivity contribution in [3.05, 3.63) is 28.8 Å². The highest BCUT2D eigenvalue weighted by Gasteiger charge is 2.35. The Labute approximate surface area is 128 Å². The third-order valence-electron chi connectivity index (χ3n) is 3.52. The van der Waals surface area contributed by atoms with E-state index in [2.05, 4.69) is 9.46 Å². The SMILES string of the molecule is COC(=O)c1ccc(Cl)c(S(=O)(=O)NCC2(O)CCC2)c1. The molecule has 21 heavy (non-hydrogen) atoms. The third-order valence-corrected chi connectivity index (χ3v) is 5.40. The number of methoxy groups -OCH3 is 1. The zero-order valence-corrected chi connectivity index (χ0v) is 13.0. The van der Waals surface area contributed by atoms with Crippen LogP contribution in [0.4, 0.5) is 0 Å². The van der Waals surface area contributed by atoms with Crippen LogP contribution < -0.4 is 4.72 Å². The minimum absolute atomic E-state index is 0.00393. The molecule has 116 valence electrons. The van der Waals surface area contributed by atoms with Gasteiger partial charge in [0.1, 0.15) is 4.90 Å². The molecule has 0 bridgehead atoms. The van der Waals surface area contributed by atoms with Crippen molar-refractivity contribution < 1.29 is 23.1 Å². The van der Waals surface area contributed by atoms with Crippen molar-refractivity contribution in [3.63, 3.8) is 0 Å². The fourth-order valence-electron chi connectivity index (χ4n) is 2.02. The van der Waals surface area contributed by atoms with Crippen molar-refractivity contribution in [2.45, 2.75) is 29.8 Å². The summed E-state index contributed by atoms with van der Waals surface area (Å²) in [4.78, 5) is 11.2. The normalized spacial score (nSPS) is 17.1. The molecule has 0 unspecified atom stereocenters. The summed E-state index contributed by atoms with van der Waals surface area (Å²) in [6.07, 6.45) is 1.99. The number of benzene rings is 1. The monoisotopic (exact) mass is 333 g/mol.